The number of hydrogen-bond donors (Lipinski definition) is 4. The summed E-state index contributed by atoms with van der Waals surface area (Å²) in [7, 11) is 0. The molecule has 1 aliphatic heterocycles. The molecule has 2 aromatic heterocycles. The molecule has 1 aliphatic rings. The number of carbonyl (C=O) groups excluding carboxylic acids is 1. The van der Waals surface area contributed by atoms with Gasteiger partial charge in [0.1, 0.15) is 23.0 Å². The lowest BCUT2D eigenvalue weighted by Crippen LogP contribution is -2.39. The Morgan fingerprint density at radius 2 is 2.05 bits per heavy atom. The Balaban J connectivity index is 1.52. The Morgan fingerprint density at radius 1 is 1.27 bits per heavy atom. The lowest BCUT2D eigenvalue weighted by atomic mass is 9.93. The number of ether oxygens (including phenoxy) is 1. The highest BCUT2D eigenvalue weighted by atomic mass is 19.1. The first-order valence-electron chi connectivity index (χ1n) is 12.8. The summed E-state index contributed by atoms with van der Waals surface area (Å²) in [6.45, 7) is 14.1. The molecule has 212 valence electrons. The summed E-state index contributed by atoms with van der Waals surface area (Å²) >= 11 is 0. The van der Waals surface area contributed by atoms with E-state index < -0.39 is 11.7 Å². The number of nitrogens with zero attached hydrogens (tertiary/aromatic N) is 5. The Morgan fingerprint density at radius 3 is 2.75 bits per heavy atom. The first-order chi connectivity index (χ1) is 19.1. The number of benzene rings is 1. The van der Waals surface area contributed by atoms with Crippen LogP contribution < -0.4 is 21.7 Å². The second-order valence-electron chi connectivity index (χ2n) is 10.1. The van der Waals surface area contributed by atoms with Crippen LogP contribution in [0.15, 0.2) is 52.8 Å². The van der Waals surface area contributed by atoms with Gasteiger partial charge in [-0.1, -0.05) is 32.5 Å². The van der Waals surface area contributed by atoms with Gasteiger partial charge in [0.2, 0.25) is 5.95 Å². The van der Waals surface area contributed by atoms with Crippen molar-refractivity contribution < 1.29 is 18.4 Å². The number of aromatic nitrogens is 3. The summed E-state index contributed by atoms with van der Waals surface area (Å²) in [6, 6.07) is 5.43. The predicted octanol–water partition coefficient (Wildman–Crippen LogP) is 3.49. The Labute approximate surface area is 231 Å². The molecule has 4 rings (SSSR count). The van der Waals surface area contributed by atoms with E-state index in [-0.39, 0.29) is 34.0 Å². The first-order valence-corrected chi connectivity index (χ1v) is 12.8. The quantitative estimate of drug-likeness (QED) is 0.217. The molecule has 40 heavy (non-hydrogen) atoms. The summed E-state index contributed by atoms with van der Waals surface area (Å²) in [6.07, 6.45) is 2.98. The van der Waals surface area contributed by atoms with E-state index >= 15 is 0 Å². The van der Waals surface area contributed by atoms with Crippen molar-refractivity contribution in [3.05, 3.63) is 66.1 Å². The van der Waals surface area contributed by atoms with Crippen LogP contribution in [-0.2, 0) is 10.2 Å². The Hall–Kier alpha value is -4.36. The molecule has 0 radical (unpaired) electrons. The van der Waals surface area contributed by atoms with Crippen LogP contribution in [0.4, 0.5) is 27.5 Å². The molecular weight excluding hydrogens is 517 g/mol. The zero-order chi connectivity index (χ0) is 28.7. The van der Waals surface area contributed by atoms with Crippen molar-refractivity contribution in [2.24, 2.45) is 10.7 Å². The largest absolute Gasteiger partial charge is 0.382 e. The summed E-state index contributed by atoms with van der Waals surface area (Å²) in [5.41, 5.74) is 6.71. The molecule has 0 aliphatic carbocycles. The molecule has 0 bridgehead atoms. The topological polar surface area (TPSA) is 156 Å². The van der Waals surface area contributed by atoms with Crippen LogP contribution in [0.3, 0.4) is 0 Å². The van der Waals surface area contributed by atoms with Crippen molar-refractivity contribution >= 4 is 34.9 Å². The second kappa shape index (κ2) is 12.7. The summed E-state index contributed by atoms with van der Waals surface area (Å²) in [5, 5.41) is 12.6. The van der Waals surface area contributed by atoms with Crippen molar-refractivity contribution in [1.82, 2.24) is 20.0 Å². The number of carbonyl (C=O) groups is 1. The minimum absolute atomic E-state index is 0.0780. The van der Waals surface area contributed by atoms with Gasteiger partial charge < -0.3 is 30.9 Å². The maximum absolute atomic E-state index is 14.7. The smallest absolute Gasteiger partial charge is 0.256 e. The van der Waals surface area contributed by atoms with Crippen LogP contribution in [0.5, 0.6) is 0 Å². The third-order valence-corrected chi connectivity index (χ3v) is 6.04. The highest BCUT2D eigenvalue weighted by molar-refractivity contribution is 6.05. The maximum Gasteiger partial charge on any atom is 0.256 e. The van der Waals surface area contributed by atoms with E-state index in [4.69, 9.17) is 15.0 Å². The van der Waals surface area contributed by atoms with Crippen LogP contribution >= 0.6 is 0 Å². The molecule has 3 heterocycles. The number of hydrogen-bond acceptors (Lipinski definition) is 10. The van der Waals surface area contributed by atoms with Crippen molar-refractivity contribution in [3.8, 4) is 0 Å². The van der Waals surface area contributed by atoms with E-state index in [0.717, 1.165) is 25.7 Å². The molecule has 13 heteroatoms. The first kappa shape index (κ1) is 28.6. The van der Waals surface area contributed by atoms with Gasteiger partial charge in [-0.2, -0.15) is 0 Å². The maximum atomic E-state index is 14.7. The lowest BCUT2D eigenvalue weighted by Gasteiger charge is -2.26. The van der Waals surface area contributed by atoms with Gasteiger partial charge in [0.15, 0.2) is 11.7 Å². The number of anilines is 3. The van der Waals surface area contributed by atoms with E-state index in [0.29, 0.717) is 37.2 Å². The number of morpholine rings is 1. The van der Waals surface area contributed by atoms with Crippen LogP contribution in [0, 0.1) is 5.82 Å². The molecule has 1 amide bonds. The van der Waals surface area contributed by atoms with Crippen LogP contribution in [0.25, 0.3) is 0 Å². The second-order valence-corrected chi connectivity index (χ2v) is 10.1. The molecular formula is C27H34FN9O3. The molecule has 1 fully saturated rings. The average Bonchev–Trinajstić information content (AvgIpc) is 3.40. The fraction of sp³-hybridized carbons (Fsp3) is 0.370. The number of aliphatic imine (C=N–C) groups is 1. The van der Waals surface area contributed by atoms with Gasteiger partial charge >= 0.3 is 0 Å². The SMILES string of the molecule is C=CNc1cnc(NCCN2CCOCC2)nc1C(N)=Nc1cc(C(=O)Nc2cc(C(C)(C)C)on2)ccc1F. The molecule has 5 N–H and O–H groups in total. The van der Waals surface area contributed by atoms with E-state index in [1.54, 1.807) is 6.07 Å². The molecule has 1 saturated heterocycles. The molecule has 12 nitrogen and oxygen atoms in total. The predicted molar refractivity (Wildman–Crippen MR) is 152 cm³/mol. The molecule has 1 aromatic carbocycles. The highest BCUT2D eigenvalue weighted by Gasteiger charge is 2.21. The van der Waals surface area contributed by atoms with Crippen LogP contribution in [-0.4, -0.2) is 71.2 Å². The number of nitrogens with two attached hydrogens (primary N) is 1. The van der Waals surface area contributed by atoms with Gasteiger partial charge in [0.25, 0.3) is 5.91 Å². The summed E-state index contributed by atoms with van der Waals surface area (Å²) in [5.74, 6) is -0.0430. The standard InChI is InChI=1S/C27H34FN9O3/c1-5-30-20-16-32-26(31-8-9-37-10-12-39-13-11-37)35-23(20)24(29)33-19-14-17(6-7-18(19)28)25(38)34-22-15-21(40-36-22)27(2,3)4/h5-7,14-16,30H,1,8-13H2,2-4H3,(H2,29,33)(H,31,32,35)(H,34,36,38). The number of rotatable bonds is 10. The van der Waals surface area contributed by atoms with Crippen LogP contribution in [0.1, 0.15) is 42.6 Å². The minimum Gasteiger partial charge on any atom is -0.382 e. The van der Waals surface area contributed by atoms with E-state index in [9.17, 15) is 9.18 Å². The van der Waals surface area contributed by atoms with Gasteiger partial charge in [0.05, 0.1) is 25.1 Å². The number of nitrogens with one attached hydrogen (secondary N) is 3. The van der Waals surface area contributed by atoms with Crippen molar-refractivity contribution in [3.63, 3.8) is 0 Å². The van der Waals surface area contributed by atoms with Gasteiger partial charge in [-0.25, -0.2) is 19.4 Å². The minimum atomic E-state index is -0.660. The molecule has 3 aromatic rings. The fourth-order valence-electron chi connectivity index (χ4n) is 3.83. The van der Waals surface area contributed by atoms with E-state index in [2.05, 4.69) is 47.5 Å². The zero-order valence-corrected chi connectivity index (χ0v) is 22.8. The van der Waals surface area contributed by atoms with Gasteiger partial charge in [0, 0.05) is 43.2 Å². The number of amidine groups is 1. The number of halogens is 1. The van der Waals surface area contributed by atoms with Crippen molar-refractivity contribution in [2.75, 3.05) is 55.3 Å². The third-order valence-electron chi connectivity index (χ3n) is 6.04. The third kappa shape index (κ3) is 7.39. The monoisotopic (exact) mass is 551 g/mol. The van der Waals surface area contributed by atoms with Gasteiger partial charge in [-0.3, -0.25) is 9.69 Å². The van der Waals surface area contributed by atoms with Crippen LogP contribution in [0.2, 0.25) is 0 Å². The molecule has 0 spiro atoms. The molecule has 0 atom stereocenters. The number of amides is 1. The summed E-state index contributed by atoms with van der Waals surface area (Å²) < 4.78 is 25.4. The average molecular weight is 552 g/mol. The van der Waals surface area contributed by atoms with E-state index in [1.165, 1.54) is 24.5 Å². The fourth-order valence-corrected chi connectivity index (χ4v) is 3.83. The van der Waals surface area contributed by atoms with Gasteiger partial charge in [-0.15, -0.1) is 0 Å². The Kier molecular flexibility index (Phi) is 9.07. The molecule has 0 saturated carbocycles. The van der Waals surface area contributed by atoms with Crippen molar-refractivity contribution in [2.45, 2.75) is 26.2 Å². The molecule has 0 unspecified atom stereocenters. The normalized spacial score (nSPS) is 14.6. The highest BCUT2D eigenvalue weighted by Crippen LogP contribution is 2.26. The lowest BCUT2D eigenvalue weighted by molar-refractivity contribution is 0.0398. The zero-order valence-electron chi connectivity index (χ0n) is 22.8. The Bertz CT molecular complexity index is 1380. The van der Waals surface area contributed by atoms with Gasteiger partial charge in [-0.05, 0) is 24.4 Å². The van der Waals surface area contributed by atoms with E-state index in [1.807, 2.05) is 20.8 Å². The van der Waals surface area contributed by atoms with Crippen molar-refractivity contribution in [1.29, 1.82) is 0 Å². The summed E-state index contributed by atoms with van der Waals surface area (Å²) in [4.78, 5) is 28.2.